The molecule has 0 spiro atoms. The highest BCUT2D eigenvalue weighted by Gasteiger charge is 2.33. The van der Waals surface area contributed by atoms with Crippen molar-refractivity contribution in [2.45, 2.75) is 40.0 Å². The molecule has 0 aromatic carbocycles. The van der Waals surface area contributed by atoms with Gasteiger partial charge in [-0.15, -0.1) is 11.3 Å². The molecule has 2 heterocycles. The van der Waals surface area contributed by atoms with Gasteiger partial charge in [-0.25, -0.2) is 0 Å². The number of hydrogen-bond donors (Lipinski definition) is 2. The summed E-state index contributed by atoms with van der Waals surface area (Å²) in [6.07, 6.45) is 5.92. The lowest BCUT2D eigenvalue weighted by molar-refractivity contribution is 0.1000. The molecule has 25 heavy (non-hydrogen) atoms. The number of pyridine rings is 1. The third-order valence-electron chi connectivity index (χ3n) is 4.91. The molecule has 0 bridgehead atoms. The van der Waals surface area contributed by atoms with E-state index in [-0.39, 0.29) is 11.3 Å². The van der Waals surface area contributed by atoms with Gasteiger partial charge in [-0.1, -0.05) is 20.8 Å². The fourth-order valence-corrected chi connectivity index (χ4v) is 4.68. The van der Waals surface area contributed by atoms with E-state index < -0.39 is 5.91 Å². The quantitative estimate of drug-likeness (QED) is 0.879. The van der Waals surface area contributed by atoms with Crippen molar-refractivity contribution < 1.29 is 9.59 Å². The SMILES string of the molecule is CC(C)(C)[C@H]1CCc2c(sc(NC(=O)c3ccncc3)c2C(N)=O)C1. The molecule has 2 amide bonds. The van der Waals surface area contributed by atoms with Crippen LogP contribution < -0.4 is 11.1 Å². The summed E-state index contributed by atoms with van der Waals surface area (Å²) in [6, 6.07) is 3.28. The third-order valence-corrected chi connectivity index (χ3v) is 6.08. The van der Waals surface area contributed by atoms with Crippen molar-refractivity contribution in [1.82, 2.24) is 4.98 Å². The molecular formula is C19H23N3O2S. The van der Waals surface area contributed by atoms with Gasteiger partial charge in [0.15, 0.2) is 0 Å². The van der Waals surface area contributed by atoms with Crippen LogP contribution in [0.2, 0.25) is 0 Å². The summed E-state index contributed by atoms with van der Waals surface area (Å²) in [6.45, 7) is 6.74. The Labute approximate surface area is 151 Å². The first-order valence-corrected chi connectivity index (χ1v) is 9.24. The first-order valence-electron chi connectivity index (χ1n) is 8.43. The average molecular weight is 357 g/mol. The molecule has 1 atom stereocenters. The maximum Gasteiger partial charge on any atom is 0.256 e. The second-order valence-electron chi connectivity index (χ2n) is 7.57. The summed E-state index contributed by atoms with van der Waals surface area (Å²) in [5, 5.41) is 3.43. The molecule has 0 saturated carbocycles. The Morgan fingerprint density at radius 2 is 1.96 bits per heavy atom. The molecule has 0 radical (unpaired) electrons. The molecule has 3 rings (SSSR count). The van der Waals surface area contributed by atoms with E-state index in [0.717, 1.165) is 24.8 Å². The number of nitrogens with two attached hydrogens (primary N) is 1. The minimum Gasteiger partial charge on any atom is -0.365 e. The predicted octanol–water partition coefficient (Wildman–Crippen LogP) is 3.65. The minimum absolute atomic E-state index is 0.217. The van der Waals surface area contributed by atoms with E-state index in [1.54, 1.807) is 24.5 Å². The Balaban J connectivity index is 1.92. The molecule has 1 aliphatic carbocycles. The van der Waals surface area contributed by atoms with Gasteiger partial charge in [0, 0.05) is 22.8 Å². The molecule has 2 aromatic heterocycles. The lowest BCUT2D eigenvalue weighted by Gasteiger charge is -2.33. The van der Waals surface area contributed by atoms with E-state index in [1.165, 1.54) is 16.2 Å². The normalized spacial score (nSPS) is 17.0. The van der Waals surface area contributed by atoms with Gasteiger partial charge >= 0.3 is 0 Å². The average Bonchev–Trinajstić information content (AvgIpc) is 2.91. The molecule has 0 saturated heterocycles. The number of nitrogens with zero attached hydrogens (tertiary/aromatic N) is 1. The first-order chi connectivity index (χ1) is 11.8. The van der Waals surface area contributed by atoms with E-state index in [1.807, 2.05) is 0 Å². The molecule has 132 valence electrons. The maximum atomic E-state index is 12.4. The number of rotatable bonds is 3. The summed E-state index contributed by atoms with van der Waals surface area (Å²) >= 11 is 1.48. The van der Waals surface area contributed by atoms with Gasteiger partial charge < -0.3 is 11.1 Å². The molecule has 0 fully saturated rings. The van der Waals surface area contributed by atoms with Crippen molar-refractivity contribution in [2.24, 2.45) is 17.1 Å². The first kappa shape index (κ1) is 17.6. The van der Waals surface area contributed by atoms with Gasteiger partial charge in [-0.05, 0) is 48.3 Å². The van der Waals surface area contributed by atoms with Crippen LogP contribution in [0.4, 0.5) is 5.00 Å². The standard InChI is InChI=1S/C19H23N3O2S/c1-19(2,3)12-4-5-13-14(10-12)25-18(15(13)16(20)23)22-17(24)11-6-8-21-9-7-11/h6-9,12H,4-5,10H2,1-3H3,(H2,20,23)(H,22,24)/t12-/m0/s1. The molecule has 6 heteroatoms. The Kier molecular flexibility index (Phi) is 4.64. The fourth-order valence-electron chi connectivity index (χ4n) is 3.35. The summed E-state index contributed by atoms with van der Waals surface area (Å²) in [5.74, 6) is -0.171. The second kappa shape index (κ2) is 6.59. The largest absolute Gasteiger partial charge is 0.365 e. The van der Waals surface area contributed by atoms with Crippen molar-refractivity contribution in [3.63, 3.8) is 0 Å². The van der Waals surface area contributed by atoms with Gasteiger partial charge in [0.25, 0.3) is 11.8 Å². The van der Waals surface area contributed by atoms with Gasteiger partial charge in [-0.3, -0.25) is 14.6 Å². The van der Waals surface area contributed by atoms with Crippen LogP contribution in [0.15, 0.2) is 24.5 Å². The number of thiophene rings is 1. The van der Waals surface area contributed by atoms with Crippen molar-refractivity contribution in [3.05, 3.63) is 46.1 Å². The lowest BCUT2D eigenvalue weighted by atomic mass is 9.72. The van der Waals surface area contributed by atoms with E-state index in [0.29, 0.717) is 22.0 Å². The number of carbonyl (C=O) groups is 2. The molecule has 0 aliphatic heterocycles. The smallest absolute Gasteiger partial charge is 0.256 e. The van der Waals surface area contributed by atoms with Crippen LogP contribution in [0.5, 0.6) is 0 Å². The zero-order valence-electron chi connectivity index (χ0n) is 14.8. The van der Waals surface area contributed by atoms with E-state index in [4.69, 9.17) is 5.73 Å². The Bertz CT molecular complexity index is 806. The van der Waals surface area contributed by atoms with Crippen molar-refractivity contribution >= 4 is 28.2 Å². The van der Waals surface area contributed by atoms with E-state index in [2.05, 4.69) is 31.1 Å². The molecule has 0 unspecified atom stereocenters. The van der Waals surface area contributed by atoms with Crippen LogP contribution in [0.1, 0.15) is 58.3 Å². The van der Waals surface area contributed by atoms with Gasteiger partial charge in [0.05, 0.1) is 5.56 Å². The number of anilines is 1. The number of carbonyl (C=O) groups excluding carboxylic acids is 2. The molecule has 1 aliphatic rings. The molecule has 5 nitrogen and oxygen atoms in total. The highest BCUT2D eigenvalue weighted by atomic mass is 32.1. The van der Waals surface area contributed by atoms with Crippen LogP contribution >= 0.6 is 11.3 Å². The van der Waals surface area contributed by atoms with E-state index in [9.17, 15) is 9.59 Å². The van der Waals surface area contributed by atoms with Gasteiger partial charge in [-0.2, -0.15) is 0 Å². The fraction of sp³-hybridized carbons (Fsp3) is 0.421. The van der Waals surface area contributed by atoms with Crippen molar-refractivity contribution in [2.75, 3.05) is 5.32 Å². The van der Waals surface area contributed by atoms with Crippen LogP contribution in [0.25, 0.3) is 0 Å². The number of primary amides is 1. The van der Waals surface area contributed by atoms with Gasteiger partial charge in [0.2, 0.25) is 0 Å². The highest BCUT2D eigenvalue weighted by molar-refractivity contribution is 7.17. The molecular weight excluding hydrogens is 334 g/mol. The summed E-state index contributed by atoms with van der Waals surface area (Å²) in [5.41, 5.74) is 7.84. The number of fused-ring (bicyclic) bond motifs is 1. The predicted molar refractivity (Wildman–Crippen MR) is 100.0 cm³/mol. The summed E-state index contributed by atoms with van der Waals surface area (Å²) in [7, 11) is 0. The minimum atomic E-state index is -0.475. The summed E-state index contributed by atoms with van der Waals surface area (Å²) < 4.78 is 0. The number of hydrogen-bond acceptors (Lipinski definition) is 4. The van der Waals surface area contributed by atoms with Crippen LogP contribution in [0, 0.1) is 11.3 Å². The number of amides is 2. The highest BCUT2D eigenvalue weighted by Crippen LogP contribution is 2.44. The van der Waals surface area contributed by atoms with Crippen molar-refractivity contribution in [1.29, 1.82) is 0 Å². The molecule has 2 aromatic rings. The second-order valence-corrected chi connectivity index (χ2v) is 8.67. The van der Waals surface area contributed by atoms with Crippen LogP contribution in [-0.2, 0) is 12.8 Å². The van der Waals surface area contributed by atoms with E-state index >= 15 is 0 Å². The molecule has 3 N–H and O–H groups in total. The van der Waals surface area contributed by atoms with Crippen LogP contribution in [-0.4, -0.2) is 16.8 Å². The van der Waals surface area contributed by atoms with Crippen LogP contribution in [0.3, 0.4) is 0 Å². The number of aromatic nitrogens is 1. The van der Waals surface area contributed by atoms with Crippen molar-refractivity contribution in [3.8, 4) is 0 Å². The third kappa shape index (κ3) is 3.58. The monoisotopic (exact) mass is 357 g/mol. The topological polar surface area (TPSA) is 85.1 Å². The lowest BCUT2D eigenvalue weighted by Crippen LogP contribution is -2.27. The Hall–Kier alpha value is -2.21. The zero-order chi connectivity index (χ0) is 18.2. The number of nitrogens with one attached hydrogen (secondary N) is 1. The Morgan fingerprint density at radius 1 is 1.28 bits per heavy atom. The van der Waals surface area contributed by atoms with Gasteiger partial charge in [0.1, 0.15) is 5.00 Å². The Morgan fingerprint density at radius 3 is 2.56 bits per heavy atom. The summed E-state index contributed by atoms with van der Waals surface area (Å²) in [4.78, 5) is 29.5. The maximum absolute atomic E-state index is 12.4. The zero-order valence-corrected chi connectivity index (χ0v) is 15.6.